The molecule has 1 aliphatic rings. The second kappa shape index (κ2) is 8.28. The third kappa shape index (κ3) is 4.34. The SMILES string of the molecule is CCCCC(N=C1NS(=O)(=O)c2ccccc21)C(=O)Nc1ccc(Cl)cc1F. The summed E-state index contributed by atoms with van der Waals surface area (Å²) in [5.41, 5.74) is 0.401. The highest BCUT2D eigenvalue weighted by Gasteiger charge is 2.31. The zero-order chi connectivity index (χ0) is 20.3. The topological polar surface area (TPSA) is 87.6 Å². The van der Waals surface area contributed by atoms with E-state index in [1.54, 1.807) is 18.2 Å². The van der Waals surface area contributed by atoms with Gasteiger partial charge in [0.25, 0.3) is 10.0 Å². The van der Waals surface area contributed by atoms with E-state index in [1.165, 1.54) is 18.2 Å². The van der Waals surface area contributed by atoms with E-state index in [9.17, 15) is 17.6 Å². The van der Waals surface area contributed by atoms with Gasteiger partial charge in [-0.1, -0.05) is 43.5 Å². The van der Waals surface area contributed by atoms with Crippen LogP contribution in [0.2, 0.25) is 5.02 Å². The lowest BCUT2D eigenvalue weighted by molar-refractivity contribution is -0.117. The Labute approximate surface area is 167 Å². The molecule has 148 valence electrons. The number of unbranched alkanes of at least 4 members (excludes halogenated alkanes) is 1. The monoisotopic (exact) mass is 423 g/mol. The fraction of sp³-hybridized carbons (Fsp3) is 0.263. The van der Waals surface area contributed by atoms with Gasteiger partial charge in [0.1, 0.15) is 17.7 Å². The molecule has 6 nitrogen and oxygen atoms in total. The number of amides is 1. The van der Waals surface area contributed by atoms with Gasteiger partial charge in [-0.25, -0.2) is 12.8 Å². The number of benzene rings is 2. The summed E-state index contributed by atoms with van der Waals surface area (Å²) in [6.07, 6.45) is 1.92. The Kier molecular flexibility index (Phi) is 6.00. The molecule has 0 fully saturated rings. The summed E-state index contributed by atoms with van der Waals surface area (Å²) in [6, 6.07) is 9.47. The molecule has 0 saturated carbocycles. The van der Waals surface area contributed by atoms with Crippen LogP contribution in [0.25, 0.3) is 0 Å². The zero-order valence-electron chi connectivity index (χ0n) is 15.1. The summed E-state index contributed by atoms with van der Waals surface area (Å²) in [5, 5.41) is 2.73. The van der Waals surface area contributed by atoms with Crippen LogP contribution in [0.1, 0.15) is 31.7 Å². The Hall–Kier alpha value is -2.45. The third-order valence-electron chi connectivity index (χ3n) is 4.27. The standard InChI is InChI=1S/C19H19ClFN3O3S/c1-2-3-7-16(19(25)23-15-10-9-12(20)11-14(15)21)22-18-13-6-4-5-8-17(13)28(26,27)24-18/h4-6,8-11,16H,2-3,7H2,1H3,(H,22,24)(H,23,25). The van der Waals surface area contributed by atoms with Gasteiger partial charge in [-0.05, 0) is 36.8 Å². The smallest absolute Gasteiger partial charge is 0.263 e. The lowest BCUT2D eigenvalue weighted by Crippen LogP contribution is -2.31. The third-order valence-corrected chi connectivity index (χ3v) is 5.90. The number of carbonyl (C=O) groups is 1. The minimum Gasteiger partial charge on any atom is -0.322 e. The molecule has 2 N–H and O–H groups in total. The van der Waals surface area contributed by atoms with Crippen LogP contribution < -0.4 is 10.0 Å². The van der Waals surface area contributed by atoms with Gasteiger partial charge < -0.3 is 5.32 Å². The second-order valence-electron chi connectivity index (χ2n) is 6.35. The van der Waals surface area contributed by atoms with E-state index < -0.39 is 27.8 Å². The molecule has 0 saturated heterocycles. The Morgan fingerprint density at radius 3 is 2.75 bits per heavy atom. The van der Waals surface area contributed by atoms with Gasteiger partial charge in [-0.3, -0.25) is 14.5 Å². The summed E-state index contributed by atoms with van der Waals surface area (Å²) < 4.78 is 40.9. The van der Waals surface area contributed by atoms with Crippen LogP contribution in [0.3, 0.4) is 0 Å². The first kappa shape index (κ1) is 20.3. The molecule has 0 aromatic heterocycles. The summed E-state index contributed by atoms with van der Waals surface area (Å²) in [7, 11) is -3.70. The molecule has 3 rings (SSSR count). The number of carbonyl (C=O) groups excluding carboxylic acids is 1. The van der Waals surface area contributed by atoms with E-state index in [0.717, 1.165) is 12.5 Å². The molecule has 2 aromatic carbocycles. The van der Waals surface area contributed by atoms with Crippen LogP contribution in [-0.2, 0) is 14.8 Å². The molecule has 0 radical (unpaired) electrons. The van der Waals surface area contributed by atoms with E-state index in [-0.39, 0.29) is 21.4 Å². The van der Waals surface area contributed by atoms with Gasteiger partial charge in [0, 0.05) is 10.6 Å². The van der Waals surface area contributed by atoms with Gasteiger partial charge in [0.15, 0.2) is 0 Å². The van der Waals surface area contributed by atoms with Crippen LogP contribution in [0.15, 0.2) is 52.4 Å². The summed E-state index contributed by atoms with van der Waals surface area (Å²) >= 11 is 5.73. The summed E-state index contributed by atoms with van der Waals surface area (Å²) in [6.45, 7) is 1.97. The number of nitrogens with zero attached hydrogens (tertiary/aromatic N) is 1. The van der Waals surface area contributed by atoms with Crippen molar-refractivity contribution in [2.45, 2.75) is 37.1 Å². The first-order valence-electron chi connectivity index (χ1n) is 8.77. The number of rotatable bonds is 6. The van der Waals surface area contributed by atoms with Crippen LogP contribution in [0.5, 0.6) is 0 Å². The van der Waals surface area contributed by atoms with Gasteiger partial charge >= 0.3 is 0 Å². The van der Waals surface area contributed by atoms with Crippen molar-refractivity contribution in [2.24, 2.45) is 4.99 Å². The van der Waals surface area contributed by atoms with Crippen molar-refractivity contribution in [3.63, 3.8) is 0 Å². The molecule has 28 heavy (non-hydrogen) atoms. The summed E-state index contributed by atoms with van der Waals surface area (Å²) in [4.78, 5) is 17.2. The lowest BCUT2D eigenvalue weighted by Gasteiger charge is -2.14. The minimum atomic E-state index is -3.70. The maximum Gasteiger partial charge on any atom is 0.263 e. The molecule has 0 bridgehead atoms. The number of aliphatic imine (C=N–C) groups is 1. The molecule has 2 aromatic rings. The minimum absolute atomic E-state index is 0.0106. The molecule has 1 unspecified atom stereocenters. The number of hydrogen-bond acceptors (Lipinski definition) is 4. The molecule has 1 heterocycles. The average molecular weight is 424 g/mol. The quantitative estimate of drug-likeness (QED) is 0.742. The highest BCUT2D eigenvalue weighted by Crippen LogP contribution is 2.24. The van der Waals surface area contributed by atoms with E-state index in [2.05, 4.69) is 15.0 Å². The predicted molar refractivity (Wildman–Crippen MR) is 107 cm³/mol. The average Bonchev–Trinajstić information content (AvgIpc) is 2.91. The molecule has 0 spiro atoms. The Balaban J connectivity index is 1.90. The lowest BCUT2D eigenvalue weighted by atomic mass is 10.1. The maximum absolute atomic E-state index is 14.0. The van der Waals surface area contributed by atoms with Crippen molar-refractivity contribution in [3.05, 3.63) is 58.9 Å². The van der Waals surface area contributed by atoms with Crippen molar-refractivity contribution in [2.75, 3.05) is 5.32 Å². The van der Waals surface area contributed by atoms with Gasteiger partial charge in [-0.2, -0.15) is 0 Å². The van der Waals surface area contributed by atoms with E-state index in [1.807, 2.05) is 6.92 Å². The fourth-order valence-corrected chi connectivity index (χ4v) is 4.24. The fourth-order valence-electron chi connectivity index (χ4n) is 2.84. The largest absolute Gasteiger partial charge is 0.322 e. The normalized spacial score (nSPS) is 17.0. The predicted octanol–water partition coefficient (Wildman–Crippen LogP) is 3.72. The Morgan fingerprint density at radius 2 is 2.04 bits per heavy atom. The molecule has 1 aliphatic heterocycles. The second-order valence-corrected chi connectivity index (χ2v) is 8.44. The number of hydrogen-bond donors (Lipinski definition) is 2. The van der Waals surface area contributed by atoms with Crippen LogP contribution in [-0.4, -0.2) is 26.2 Å². The number of halogens is 2. The van der Waals surface area contributed by atoms with Crippen molar-refractivity contribution >= 4 is 39.1 Å². The number of nitrogens with one attached hydrogen (secondary N) is 2. The van der Waals surface area contributed by atoms with E-state index in [0.29, 0.717) is 18.4 Å². The number of amidine groups is 1. The molecular formula is C19H19ClFN3O3S. The van der Waals surface area contributed by atoms with Crippen molar-refractivity contribution < 1.29 is 17.6 Å². The van der Waals surface area contributed by atoms with Crippen LogP contribution in [0, 0.1) is 5.82 Å². The number of anilines is 1. The van der Waals surface area contributed by atoms with Gasteiger partial charge in [0.2, 0.25) is 5.91 Å². The highest BCUT2D eigenvalue weighted by molar-refractivity contribution is 7.90. The van der Waals surface area contributed by atoms with E-state index in [4.69, 9.17) is 11.6 Å². The maximum atomic E-state index is 14.0. The first-order chi connectivity index (χ1) is 13.3. The highest BCUT2D eigenvalue weighted by atomic mass is 35.5. The number of fused-ring (bicyclic) bond motifs is 1. The van der Waals surface area contributed by atoms with Crippen molar-refractivity contribution in [1.29, 1.82) is 0 Å². The van der Waals surface area contributed by atoms with Gasteiger partial charge in [-0.15, -0.1) is 0 Å². The van der Waals surface area contributed by atoms with Crippen LogP contribution in [0.4, 0.5) is 10.1 Å². The van der Waals surface area contributed by atoms with Crippen LogP contribution >= 0.6 is 11.6 Å². The molecule has 0 aliphatic carbocycles. The van der Waals surface area contributed by atoms with E-state index >= 15 is 0 Å². The van der Waals surface area contributed by atoms with Crippen molar-refractivity contribution in [3.8, 4) is 0 Å². The van der Waals surface area contributed by atoms with Crippen molar-refractivity contribution in [1.82, 2.24) is 4.72 Å². The molecule has 1 atom stereocenters. The Morgan fingerprint density at radius 1 is 1.29 bits per heavy atom. The Bertz CT molecular complexity index is 1040. The zero-order valence-corrected chi connectivity index (χ0v) is 16.6. The molecular weight excluding hydrogens is 405 g/mol. The summed E-state index contributed by atoms with van der Waals surface area (Å²) in [5.74, 6) is -1.07. The molecule has 9 heteroatoms. The number of sulfonamides is 1. The molecule has 1 amide bonds. The van der Waals surface area contributed by atoms with Gasteiger partial charge in [0.05, 0.1) is 10.6 Å². The first-order valence-corrected chi connectivity index (χ1v) is 10.6.